The molecule has 0 fully saturated rings. The highest BCUT2D eigenvalue weighted by Crippen LogP contribution is 2.66. The Labute approximate surface area is 442 Å². The van der Waals surface area contributed by atoms with Crippen LogP contribution in [0, 0.1) is 0 Å². The standard InChI is InChI=1S/C70H53NOS2/c1-67(2,3)42-30-36-64-58(38-42)70(59-39-43(68(4,5)6)31-37-65(59)73-64)53-23-11-8-19-47(53)49-35-33-45(41-57(49)70)71(60-26-17-21-51-50-20-9-16-29-63(50)74-66(51)60)44-32-34-48-46-18-7-10-22-52(46)69(56(48)40-44)54-24-12-14-27-61(54)72-62-28-15-13-25-55(62)69/h7-41H,1-6H3. The van der Waals surface area contributed by atoms with Gasteiger partial charge in [-0.05, 0) is 138 Å². The number of hydrogen-bond acceptors (Lipinski definition) is 4. The fraction of sp³-hybridized carbons (Fsp3) is 0.143. The van der Waals surface area contributed by atoms with Gasteiger partial charge < -0.3 is 9.64 Å². The molecule has 0 unspecified atom stereocenters. The zero-order chi connectivity index (χ0) is 49.9. The molecule has 2 aliphatic heterocycles. The van der Waals surface area contributed by atoms with Crippen molar-refractivity contribution in [2.24, 2.45) is 0 Å². The van der Waals surface area contributed by atoms with Crippen molar-refractivity contribution in [3.05, 3.63) is 268 Å². The molecule has 4 heteroatoms. The number of thiophene rings is 1. The van der Waals surface area contributed by atoms with Gasteiger partial charge in [0, 0.05) is 47.8 Å². The molecule has 10 aromatic carbocycles. The van der Waals surface area contributed by atoms with Gasteiger partial charge in [0.2, 0.25) is 0 Å². The Hall–Kier alpha value is -7.63. The first-order chi connectivity index (χ1) is 35.9. The Balaban J connectivity index is 1.05. The summed E-state index contributed by atoms with van der Waals surface area (Å²) in [6.45, 7) is 14.1. The summed E-state index contributed by atoms with van der Waals surface area (Å²) >= 11 is 3.82. The quantitative estimate of drug-likeness (QED) is 0.175. The summed E-state index contributed by atoms with van der Waals surface area (Å²) in [5.74, 6) is 1.79. The molecule has 0 radical (unpaired) electrons. The molecule has 0 bridgehead atoms. The van der Waals surface area contributed by atoms with Crippen LogP contribution in [-0.4, -0.2) is 0 Å². The van der Waals surface area contributed by atoms with Crippen LogP contribution in [0.5, 0.6) is 11.5 Å². The lowest BCUT2D eigenvalue weighted by molar-refractivity contribution is 0.436. The van der Waals surface area contributed by atoms with E-state index in [4.69, 9.17) is 4.74 Å². The molecule has 1 aromatic heterocycles. The maximum absolute atomic E-state index is 6.80. The molecule has 0 atom stereocenters. The average molecular weight is 988 g/mol. The van der Waals surface area contributed by atoms with Gasteiger partial charge in [0.05, 0.1) is 21.2 Å². The van der Waals surface area contributed by atoms with Gasteiger partial charge in [-0.15, -0.1) is 11.3 Å². The van der Waals surface area contributed by atoms with Gasteiger partial charge in [-0.2, -0.15) is 0 Å². The number of hydrogen-bond donors (Lipinski definition) is 0. The van der Waals surface area contributed by atoms with Crippen molar-refractivity contribution in [1.29, 1.82) is 0 Å². The van der Waals surface area contributed by atoms with Crippen molar-refractivity contribution in [2.75, 3.05) is 4.90 Å². The highest BCUT2D eigenvalue weighted by Gasteiger charge is 2.53. The number of ether oxygens (including phenoxy) is 1. The zero-order valence-electron chi connectivity index (χ0n) is 42.4. The molecule has 2 aliphatic carbocycles. The van der Waals surface area contributed by atoms with E-state index in [-0.39, 0.29) is 10.8 Å². The second kappa shape index (κ2) is 15.5. The summed E-state index contributed by atoms with van der Waals surface area (Å²) in [5.41, 5.74) is 20.1. The predicted molar refractivity (Wildman–Crippen MR) is 310 cm³/mol. The lowest BCUT2D eigenvalue weighted by Gasteiger charge is -2.41. The van der Waals surface area contributed by atoms with E-state index in [1.165, 1.54) is 96.7 Å². The van der Waals surface area contributed by atoms with Crippen LogP contribution in [0.15, 0.2) is 222 Å². The van der Waals surface area contributed by atoms with Gasteiger partial charge in [-0.25, -0.2) is 0 Å². The molecule has 4 aliphatic rings. The van der Waals surface area contributed by atoms with Crippen LogP contribution in [0.2, 0.25) is 0 Å². The topological polar surface area (TPSA) is 12.5 Å². The molecule has 2 nitrogen and oxygen atoms in total. The summed E-state index contributed by atoms with van der Waals surface area (Å²) < 4.78 is 9.35. The smallest absolute Gasteiger partial charge is 0.132 e. The first kappa shape index (κ1) is 43.9. The van der Waals surface area contributed by atoms with Crippen LogP contribution in [0.25, 0.3) is 42.4 Å². The number of nitrogens with zero attached hydrogens (tertiary/aromatic N) is 1. The summed E-state index contributed by atoms with van der Waals surface area (Å²) in [4.78, 5) is 5.21. The van der Waals surface area contributed by atoms with E-state index in [1.807, 2.05) is 23.1 Å². The van der Waals surface area contributed by atoms with Crippen molar-refractivity contribution >= 4 is 60.3 Å². The molecule has 0 N–H and O–H groups in total. The van der Waals surface area contributed by atoms with Crippen LogP contribution in [0.3, 0.4) is 0 Å². The van der Waals surface area contributed by atoms with Crippen LogP contribution in [0.4, 0.5) is 17.1 Å². The summed E-state index contributed by atoms with van der Waals surface area (Å²) in [5, 5.41) is 2.56. The second-order valence-corrected chi connectivity index (χ2v) is 24.9. The number of fused-ring (bicyclic) bond motifs is 21. The van der Waals surface area contributed by atoms with Gasteiger partial charge in [0.1, 0.15) is 11.5 Å². The highest BCUT2D eigenvalue weighted by atomic mass is 32.2. The molecule has 11 aromatic rings. The molecular formula is C70H53NOS2. The zero-order valence-corrected chi connectivity index (χ0v) is 44.0. The molecule has 2 spiro atoms. The van der Waals surface area contributed by atoms with Crippen molar-refractivity contribution < 1.29 is 4.74 Å². The third-order valence-corrected chi connectivity index (χ3v) is 19.1. The van der Waals surface area contributed by atoms with Crippen molar-refractivity contribution in [2.45, 2.75) is 73.0 Å². The van der Waals surface area contributed by atoms with Gasteiger partial charge in [-0.1, -0.05) is 205 Å². The van der Waals surface area contributed by atoms with E-state index < -0.39 is 10.8 Å². The van der Waals surface area contributed by atoms with Gasteiger partial charge in [-0.3, -0.25) is 0 Å². The van der Waals surface area contributed by atoms with Gasteiger partial charge >= 0.3 is 0 Å². The lowest BCUT2D eigenvalue weighted by Crippen LogP contribution is -2.33. The molecule has 0 saturated carbocycles. The lowest BCUT2D eigenvalue weighted by atomic mass is 9.65. The molecule has 15 rings (SSSR count). The van der Waals surface area contributed by atoms with Crippen LogP contribution in [0.1, 0.15) is 97.2 Å². The minimum atomic E-state index is -0.616. The minimum Gasteiger partial charge on any atom is -0.457 e. The van der Waals surface area contributed by atoms with E-state index in [1.54, 1.807) is 0 Å². The normalized spacial score (nSPS) is 14.9. The third-order valence-electron chi connectivity index (χ3n) is 16.7. The first-order valence-electron chi connectivity index (χ1n) is 26.0. The Morgan fingerprint density at radius 1 is 0.378 bits per heavy atom. The van der Waals surface area contributed by atoms with Crippen LogP contribution < -0.4 is 9.64 Å². The number of benzene rings is 10. The average Bonchev–Trinajstić information content (AvgIpc) is 4.08. The van der Waals surface area contributed by atoms with Crippen LogP contribution in [-0.2, 0) is 21.7 Å². The minimum absolute atomic E-state index is 0.0486. The predicted octanol–water partition coefficient (Wildman–Crippen LogP) is 19.4. The summed E-state index contributed by atoms with van der Waals surface area (Å²) in [7, 11) is 0. The Morgan fingerprint density at radius 3 is 1.39 bits per heavy atom. The summed E-state index contributed by atoms with van der Waals surface area (Å²) in [6, 6.07) is 80.9. The van der Waals surface area contributed by atoms with Crippen molar-refractivity contribution in [3.8, 4) is 33.8 Å². The fourth-order valence-corrected chi connectivity index (χ4v) is 15.7. The summed E-state index contributed by atoms with van der Waals surface area (Å²) in [6.07, 6.45) is 0. The maximum atomic E-state index is 6.80. The molecular weight excluding hydrogens is 935 g/mol. The second-order valence-electron chi connectivity index (χ2n) is 22.8. The largest absolute Gasteiger partial charge is 0.457 e. The number of para-hydroxylation sites is 2. The number of anilines is 3. The van der Waals surface area contributed by atoms with E-state index in [9.17, 15) is 0 Å². The first-order valence-corrected chi connectivity index (χ1v) is 27.6. The van der Waals surface area contributed by atoms with E-state index in [2.05, 4.69) is 259 Å². The monoisotopic (exact) mass is 987 g/mol. The van der Waals surface area contributed by atoms with Crippen molar-refractivity contribution in [3.63, 3.8) is 0 Å². The van der Waals surface area contributed by atoms with E-state index in [0.29, 0.717) is 0 Å². The highest BCUT2D eigenvalue weighted by molar-refractivity contribution is 7.99. The SMILES string of the molecule is CC(C)(C)c1ccc2c(c1)C1(c3cc(C(C)(C)C)ccc3S2)c2ccccc2-c2ccc(N(c3ccc4c(c3)C3(c5ccccc5Oc5ccccc53)c3ccccc3-4)c3cccc4c3sc3ccccc34)cc21. The van der Waals surface area contributed by atoms with Crippen LogP contribution >= 0.6 is 23.1 Å². The fourth-order valence-electron chi connectivity index (χ4n) is 13.3. The third kappa shape index (κ3) is 5.90. The molecule has 356 valence electrons. The van der Waals surface area contributed by atoms with E-state index in [0.717, 1.165) is 39.7 Å². The van der Waals surface area contributed by atoms with Gasteiger partial charge in [0.25, 0.3) is 0 Å². The number of rotatable bonds is 3. The molecule has 3 heterocycles. The maximum Gasteiger partial charge on any atom is 0.132 e. The molecule has 74 heavy (non-hydrogen) atoms. The Morgan fingerprint density at radius 2 is 0.838 bits per heavy atom. The molecule has 0 saturated heterocycles. The van der Waals surface area contributed by atoms with Crippen molar-refractivity contribution in [1.82, 2.24) is 0 Å². The van der Waals surface area contributed by atoms with Gasteiger partial charge in [0.15, 0.2) is 0 Å². The molecule has 0 amide bonds. The Bertz CT molecular complexity index is 4090. The van der Waals surface area contributed by atoms with E-state index >= 15 is 0 Å². The Kier molecular flexibility index (Phi) is 9.17.